The van der Waals surface area contributed by atoms with E-state index in [4.69, 9.17) is 0 Å². The van der Waals surface area contributed by atoms with Crippen molar-refractivity contribution in [2.24, 2.45) is 0 Å². The second-order valence-corrected chi connectivity index (χ2v) is 8.90. The lowest BCUT2D eigenvalue weighted by atomic mass is 10.1. The third kappa shape index (κ3) is 5.94. The summed E-state index contributed by atoms with van der Waals surface area (Å²) >= 11 is 0. The average Bonchev–Trinajstić information content (AvgIpc) is 3.20. The fourth-order valence-corrected chi connectivity index (χ4v) is 3.57. The molecule has 0 saturated carbocycles. The number of hydrogen-bond donors (Lipinski definition) is 1. The first-order valence-electron chi connectivity index (χ1n) is 9.21. The van der Waals surface area contributed by atoms with E-state index in [2.05, 4.69) is 15.4 Å². The number of nitrogens with zero attached hydrogens (tertiary/aromatic N) is 4. The van der Waals surface area contributed by atoms with Gasteiger partial charge in [0.25, 0.3) is 5.56 Å². The molecule has 0 amide bonds. The third-order valence-electron chi connectivity index (χ3n) is 4.42. The summed E-state index contributed by atoms with van der Waals surface area (Å²) in [6.07, 6.45) is 3.26. The molecule has 1 N–H and O–H groups in total. The molecule has 0 aliphatic rings. The van der Waals surface area contributed by atoms with E-state index >= 15 is 0 Å². The van der Waals surface area contributed by atoms with Gasteiger partial charge in [-0.05, 0) is 24.1 Å². The first-order chi connectivity index (χ1) is 14.5. The molecule has 3 aromatic rings. The van der Waals surface area contributed by atoms with Crippen LogP contribution in [0, 0.1) is 0 Å². The highest BCUT2D eigenvalue weighted by Gasteiger charge is 2.30. The van der Waals surface area contributed by atoms with Crippen LogP contribution in [0.15, 0.2) is 58.9 Å². The largest absolute Gasteiger partial charge is 0.408 e. The number of rotatable bonds is 8. The molecule has 0 bridgehead atoms. The van der Waals surface area contributed by atoms with Gasteiger partial charge in [0.15, 0.2) is 9.84 Å². The van der Waals surface area contributed by atoms with Crippen LogP contribution < -0.4 is 10.9 Å². The van der Waals surface area contributed by atoms with Gasteiger partial charge in [-0.15, -0.1) is 0 Å². The predicted octanol–water partition coefficient (Wildman–Crippen LogP) is 2.57. The van der Waals surface area contributed by atoms with Crippen molar-refractivity contribution < 1.29 is 21.6 Å². The molecule has 31 heavy (non-hydrogen) atoms. The van der Waals surface area contributed by atoms with Crippen molar-refractivity contribution in [3.8, 4) is 11.1 Å². The van der Waals surface area contributed by atoms with Crippen molar-refractivity contribution in [1.82, 2.24) is 19.3 Å². The Labute approximate surface area is 176 Å². The molecule has 1 aromatic carbocycles. The summed E-state index contributed by atoms with van der Waals surface area (Å²) in [5, 5.41) is 6.58. The number of sulfone groups is 1. The van der Waals surface area contributed by atoms with Crippen molar-refractivity contribution in [3.63, 3.8) is 0 Å². The molecule has 0 atom stereocenters. The molecule has 12 heteroatoms. The number of imidazole rings is 1. The molecule has 2 heterocycles. The summed E-state index contributed by atoms with van der Waals surface area (Å²) in [6, 6.07) is 5.71. The molecular weight excluding hydrogens is 435 g/mol. The van der Waals surface area contributed by atoms with Crippen molar-refractivity contribution in [3.05, 3.63) is 59.5 Å². The SMILES string of the molecule is CS(=O)(=O)c1ccc(-c2cnn(CC(F)(F)F)c(=O)c2NCCCn2ccnc2)cc1. The quantitative estimate of drug-likeness (QED) is 0.524. The number of anilines is 1. The van der Waals surface area contributed by atoms with Crippen LogP contribution in [-0.2, 0) is 22.9 Å². The molecule has 0 saturated heterocycles. The van der Waals surface area contributed by atoms with Gasteiger partial charge in [0.05, 0.1) is 17.4 Å². The van der Waals surface area contributed by atoms with Crippen LogP contribution in [0.1, 0.15) is 6.42 Å². The average molecular weight is 455 g/mol. The van der Waals surface area contributed by atoms with E-state index in [9.17, 15) is 26.4 Å². The molecule has 0 radical (unpaired) electrons. The number of aromatic nitrogens is 4. The first kappa shape index (κ1) is 22.5. The van der Waals surface area contributed by atoms with Crippen LogP contribution in [-0.4, -0.2) is 46.7 Å². The zero-order valence-electron chi connectivity index (χ0n) is 16.5. The molecule has 166 valence electrons. The van der Waals surface area contributed by atoms with Gasteiger partial charge < -0.3 is 9.88 Å². The van der Waals surface area contributed by atoms with Crippen LogP contribution in [0.5, 0.6) is 0 Å². The number of aryl methyl sites for hydroxylation is 1. The lowest BCUT2D eigenvalue weighted by molar-refractivity contribution is -0.143. The van der Waals surface area contributed by atoms with E-state index in [1.165, 1.54) is 30.5 Å². The smallest absolute Gasteiger partial charge is 0.380 e. The van der Waals surface area contributed by atoms with Gasteiger partial charge in [-0.3, -0.25) is 4.79 Å². The highest BCUT2D eigenvalue weighted by atomic mass is 32.2. The Morgan fingerprint density at radius 2 is 1.87 bits per heavy atom. The summed E-state index contributed by atoms with van der Waals surface area (Å²) in [5.74, 6) is 0. The van der Waals surface area contributed by atoms with Crippen molar-refractivity contribution in [1.29, 1.82) is 0 Å². The molecular formula is C19H20F3N5O3S. The minimum absolute atomic E-state index is 0.0306. The van der Waals surface area contributed by atoms with Crippen LogP contribution in [0.25, 0.3) is 11.1 Å². The minimum Gasteiger partial charge on any atom is -0.380 e. The maximum absolute atomic E-state index is 12.8. The zero-order chi connectivity index (χ0) is 22.6. The van der Waals surface area contributed by atoms with Gasteiger partial charge in [0.2, 0.25) is 0 Å². The molecule has 0 spiro atoms. The monoisotopic (exact) mass is 455 g/mol. The standard InChI is InChI=1S/C19H20F3N5O3S/c1-31(29,30)15-5-3-14(4-6-15)16-11-25-27(12-19(20,21)22)18(28)17(16)24-7-2-9-26-10-8-23-13-26/h3-6,8,10-11,13,24H,2,7,9,12H2,1H3. The summed E-state index contributed by atoms with van der Waals surface area (Å²) in [6.45, 7) is -0.589. The van der Waals surface area contributed by atoms with E-state index in [-0.39, 0.29) is 16.1 Å². The maximum atomic E-state index is 12.8. The Bertz CT molecular complexity index is 1190. The Balaban J connectivity index is 1.91. The molecule has 0 aliphatic carbocycles. The molecule has 0 aliphatic heterocycles. The minimum atomic E-state index is -4.60. The number of nitrogens with one attached hydrogen (secondary N) is 1. The first-order valence-corrected chi connectivity index (χ1v) is 11.1. The molecule has 0 unspecified atom stereocenters. The predicted molar refractivity (Wildman–Crippen MR) is 108 cm³/mol. The van der Waals surface area contributed by atoms with E-state index in [1.54, 1.807) is 18.7 Å². The summed E-state index contributed by atoms with van der Waals surface area (Å²) in [7, 11) is -3.42. The van der Waals surface area contributed by atoms with Crippen molar-refractivity contribution in [2.45, 2.75) is 30.6 Å². The number of halogens is 3. The van der Waals surface area contributed by atoms with E-state index in [0.29, 0.717) is 29.8 Å². The third-order valence-corrected chi connectivity index (χ3v) is 5.55. The zero-order valence-corrected chi connectivity index (χ0v) is 17.3. The maximum Gasteiger partial charge on any atom is 0.408 e. The highest BCUT2D eigenvalue weighted by molar-refractivity contribution is 7.90. The number of benzene rings is 1. The van der Waals surface area contributed by atoms with Crippen LogP contribution in [0.4, 0.5) is 18.9 Å². The summed E-state index contributed by atoms with van der Waals surface area (Å²) in [4.78, 5) is 16.7. The summed E-state index contributed by atoms with van der Waals surface area (Å²) in [5.41, 5.74) is -0.207. The second kappa shape index (κ2) is 8.92. The van der Waals surface area contributed by atoms with Crippen LogP contribution in [0.3, 0.4) is 0 Å². The van der Waals surface area contributed by atoms with Gasteiger partial charge in [-0.2, -0.15) is 18.3 Å². The fourth-order valence-electron chi connectivity index (χ4n) is 2.94. The number of hydrogen-bond acceptors (Lipinski definition) is 6. The van der Waals surface area contributed by atoms with Crippen LogP contribution in [0.2, 0.25) is 0 Å². The highest BCUT2D eigenvalue weighted by Crippen LogP contribution is 2.26. The molecule has 2 aromatic heterocycles. The van der Waals surface area contributed by atoms with Gasteiger partial charge in [-0.1, -0.05) is 12.1 Å². The fraction of sp³-hybridized carbons (Fsp3) is 0.316. The number of alkyl halides is 3. The molecule has 8 nitrogen and oxygen atoms in total. The Morgan fingerprint density at radius 3 is 2.45 bits per heavy atom. The van der Waals surface area contributed by atoms with Gasteiger partial charge in [-0.25, -0.2) is 18.1 Å². The van der Waals surface area contributed by atoms with Gasteiger partial charge >= 0.3 is 6.18 Å². The molecule has 3 rings (SSSR count). The Kier molecular flexibility index (Phi) is 6.48. The topological polar surface area (TPSA) is 98.9 Å². The van der Waals surface area contributed by atoms with Crippen molar-refractivity contribution in [2.75, 3.05) is 18.1 Å². The van der Waals surface area contributed by atoms with E-state index < -0.39 is 28.1 Å². The Morgan fingerprint density at radius 1 is 1.16 bits per heavy atom. The lowest BCUT2D eigenvalue weighted by Crippen LogP contribution is -2.32. The molecule has 0 fully saturated rings. The Hall–Kier alpha value is -3.15. The van der Waals surface area contributed by atoms with Gasteiger partial charge in [0, 0.05) is 37.3 Å². The van der Waals surface area contributed by atoms with E-state index in [1.807, 2.05) is 4.57 Å². The normalized spacial score (nSPS) is 12.1. The summed E-state index contributed by atoms with van der Waals surface area (Å²) < 4.78 is 63.9. The lowest BCUT2D eigenvalue weighted by Gasteiger charge is -2.15. The van der Waals surface area contributed by atoms with Gasteiger partial charge in [0.1, 0.15) is 12.2 Å². The second-order valence-electron chi connectivity index (χ2n) is 6.89. The van der Waals surface area contributed by atoms with Crippen molar-refractivity contribution >= 4 is 15.5 Å². The van der Waals surface area contributed by atoms with Crippen LogP contribution >= 0.6 is 0 Å². The van der Waals surface area contributed by atoms with E-state index in [0.717, 1.165) is 6.26 Å².